The van der Waals surface area contributed by atoms with Crippen molar-refractivity contribution in [2.45, 2.75) is 13.8 Å². The van der Waals surface area contributed by atoms with Gasteiger partial charge in [0.1, 0.15) is 0 Å². The lowest BCUT2D eigenvalue weighted by Crippen LogP contribution is -2.51. The van der Waals surface area contributed by atoms with Crippen LogP contribution in [0, 0.1) is 5.92 Å². The highest BCUT2D eigenvalue weighted by Crippen LogP contribution is 2.30. The zero-order valence-electron chi connectivity index (χ0n) is 12.0. The maximum Gasteiger partial charge on any atom is 0.254 e. The van der Waals surface area contributed by atoms with Gasteiger partial charge in [0.25, 0.3) is 5.91 Å². The summed E-state index contributed by atoms with van der Waals surface area (Å²) < 4.78 is 11.0. The summed E-state index contributed by atoms with van der Waals surface area (Å²) >= 11 is 0. The first-order valence-electron chi connectivity index (χ1n) is 6.99. The van der Waals surface area contributed by atoms with E-state index >= 15 is 0 Å². The topological polar surface area (TPSA) is 59.0 Å². The zero-order valence-corrected chi connectivity index (χ0v) is 12.0. The van der Waals surface area contributed by atoms with Crippen LogP contribution in [0.25, 0.3) is 0 Å². The van der Waals surface area contributed by atoms with E-state index in [0.29, 0.717) is 43.4 Å². The lowest BCUT2D eigenvalue weighted by atomic mass is 10.00. The highest BCUT2D eigenvalue weighted by atomic mass is 16.5. The molecule has 1 aliphatic heterocycles. The van der Waals surface area contributed by atoms with Crippen molar-refractivity contribution in [3.63, 3.8) is 0 Å². The second-order valence-electron chi connectivity index (χ2n) is 4.79. The lowest BCUT2D eigenvalue weighted by molar-refractivity contribution is 0.0361. The Bertz CT molecular complexity index is 469. The van der Waals surface area contributed by atoms with Gasteiger partial charge in [0, 0.05) is 31.2 Å². The molecule has 1 saturated heterocycles. The van der Waals surface area contributed by atoms with Crippen molar-refractivity contribution in [3.8, 4) is 11.5 Å². The Balaban J connectivity index is 2.12. The molecule has 0 aromatic heterocycles. The number of hydrogen-bond donors (Lipinski definition) is 1. The van der Waals surface area contributed by atoms with Crippen LogP contribution in [0.15, 0.2) is 18.2 Å². The Morgan fingerprint density at radius 1 is 1.25 bits per heavy atom. The van der Waals surface area contributed by atoms with Gasteiger partial charge in [0.2, 0.25) is 0 Å². The molecular weight excluding hydrogens is 258 g/mol. The highest BCUT2D eigenvalue weighted by molar-refractivity contribution is 5.95. The summed E-state index contributed by atoms with van der Waals surface area (Å²) in [6, 6.07) is 5.25. The van der Waals surface area contributed by atoms with Crippen LogP contribution in [0.1, 0.15) is 24.2 Å². The number of amides is 1. The highest BCUT2D eigenvalue weighted by Gasteiger charge is 2.30. The normalized spacial score (nSPS) is 14.8. The summed E-state index contributed by atoms with van der Waals surface area (Å²) in [4.78, 5) is 14.0. The van der Waals surface area contributed by atoms with Crippen molar-refractivity contribution < 1.29 is 19.4 Å². The summed E-state index contributed by atoms with van der Waals surface area (Å²) in [7, 11) is 0. The Morgan fingerprint density at radius 3 is 2.50 bits per heavy atom. The van der Waals surface area contributed by atoms with Crippen LogP contribution in [-0.2, 0) is 0 Å². The van der Waals surface area contributed by atoms with Gasteiger partial charge in [-0.05, 0) is 32.0 Å². The molecule has 0 saturated carbocycles. The summed E-state index contributed by atoms with van der Waals surface area (Å²) in [5, 5.41) is 8.99. The molecule has 1 amide bonds. The van der Waals surface area contributed by atoms with E-state index < -0.39 is 0 Å². The lowest BCUT2D eigenvalue weighted by Gasteiger charge is -2.38. The maximum atomic E-state index is 12.3. The third-order valence-electron chi connectivity index (χ3n) is 3.29. The molecule has 1 aromatic rings. The fourth-order valence-corrected chi connectivity index (χ4v) is 2.22. The fourth-order valence-electron chi connectivity index (χ4n) is 2.22. The number of likely N-dealkylation sites (tertiary alicyclic amines) is 1. The molecule has 20 heavy (non-hydrogen) atoms. The van der Waals surface area contributed by atoms with Crippen molar-refractivity contribution in [1.29, 1.82) is 0 Å². The Morgan fingerprint density at radius 2 is 1.90 bits per heavy atom. The average Bonchev–Trinajstić information content (AvgIpc) is 2.40. The van der Waals surface area contributed by atoms with Crippen molar-refractivity contribution in [2.75, 3.05) is 32.9 Å². The molecule has 1 aromatic carbocycles. The molecule has 1 fully saturated rings. The summed E-state index contributed by atoms with van der Waals surface area (Å²) in [5.41, 5.74) is 0.591. The van der Waals surface area contributed by atoms with Crippen molar-refractivity contribution in [3.05, 3.63) is 23.8 Å². The van der Waals surface area contributed by atoms with Gasteiger partial charge in [-0.3, -0.25) is 4.79 Å². The number of nitrogens with zero attached hydrogens (tertiary/aromatic N) is 1. The molecule has 0 spiro atoms. The first-order chi connectivity index (χ1) is 9.69. The SMILES string of the molecule is CCOc1ccc(C(=O)N2CC(CO)C2)cc1OCC. The predicted molar refractivity (Wildman–Crippen MR) is 75.3 cm³/mol. The van der Waals surface area contributed by atoms with E-state index in [1.807, 2.05) is 13.8 Å². The minimum Gasteiger partial charge on any atom is -0.490 e. The Kier molecular flexibility index (Phi) is 4.84. The number of hydrogen-bond acceptors (Lipinski definition) is 4. The molecule has 5 nitrogen and oxygen atoms in total. The summed E-state index contributed by atoms with van der Waals surface area (Å²) in [5.74, 6) is 1.44. The minimum absolute atomic E-state index is 0.0290. The first-order valence-corrected chi connectivity index (χ1v) is 6.99. The van der Waals surface area contributed by atoms with Crippen LogP contribution in [0.4, 0.5) is 0 Å². The van der Waals surface area contributed by atoms with Crippen LogP contribution in [0.3, 0.4) is 0 Å². The Hall–Kier alpha value is -1.75. The van der Waals surface area contributed by atoms with Gasteiger partial charge in [0.05, 0.1) is 13.2 Å². The van der Waals surface area contributed by atoms with Gasteiger partial charge >= 0.3 is 0 Å². The number of ether oxygens (including phenoxy) is 2. The number of rotatable bonds is 6. The van der Waals surface area contributed by atoms with E-state index in [9.17, 15) is 4.79 Å². The molecule has 1 heterocycles. The molecule has 0 aliphatic carbocycles. The standard InChI is InChI=1S/C15H21NO4/c1-3-19-13-6-5-12(7-14(13)20-4-2)15(18)16-8-11(9-16)10-17/h5-7,11,17H,3-4,8-10H2,1-2H3. The van der Waals surface area contributed by atoms with Crippen LogP contribution >= 0.6 is 0 Å². The Labute approximate surface area is 119 Å². The number of benzene rings is 1. The maximum absolute atomic E-state index is 12.3. The van der Waals surface area contributed by atoms with Crippen LogP contribution < -0.4 is 9.47 Å². The molecule has 0 bridgehead atoms. The molecule has 1 N–H and O–H groups in total. The van der Waals surface area contributed by atoms with E-state index in [2.05, 4.69) is 0 Å². The monoisotopic (exact) mass is 279 g/mol. The molecule has 110 valence electrons. The van der Waals surface area contributed by atoms with Gasteiger partial charge in [-0.1, -0.05) is 0 Å². The number of aliphatic hydroxyl groups excluding tert-OH is 1. The second kappa shape index (κ2) is 6.61. The van der Waals surface area contributed by atoms with Crippen molar-refractivity contribution >= 4 is 5.91 Å². The largest absolute Gasteiger partial charge is 0.490 e. The summed E-state index contributed by atoms with van der Waals surface area (Å²) in [6.07, 6.45) is 0. The van der Waals surface area contributed by atoms with Gasteiger partial charge in [-0.15, -0.1) is 0 Å². The molecular formula is C15H21NO4. The quantitative estimate of drug-likeness (QED) is 0.858. The average molecular weight is 279 g/mol. The molecule has 1 aliphatic rings. The fraction of sp³-hybridized carbons (Fsp3) is 0.533. The predicted octanol–water partition coefficient (Wildman–Crippen LogP) is 1.55. The number of carbonyl (C=O) groups is 1. The van der Waals surface area contributed by atoms with E-state index in [1.54, 1.807) is 23.1 Å². The van der Waals surface area contributed by atoms with E-state index in [4.69, 9.17) is 14.6 Å². The number of carbonyl (C=O) groups excluding carboxylic acids is 1. The van der Waals surface area contributed by atoms with E-state index in [-0.39, 0.29) is 18.4 Å². The molecule has 0 atom stereocenters. The van der Waals surface area contributed by atoms with Crippen LogP contribution in [0.5, 0.6) is 11.5 Å². The zero-order chi connectivity index (χ0) is 14.5. The third-order valence-corrected chi connectivity index (χ3v) is 3.29. The van der Waals surface area contributed by atoms with Gasteiger partial charge in [-0.25, -0.2) is 0 Å². The molecule has 5 heteroatoms. The van der Waals surface area contributed by atoms with Crippen LogP contribution in [-0.4, -0.2) is 48.8 Å². The third kappa shape index (κ3) is 3.04. The van der Waals surface area contributed by atoms with Gasteiger partial charge in [0.15, 0.2) is 11.5 Å². The van der Waals surface area contributed by atoms with Crippen molar-refractivity contribution in [2.24, 2.45) is 5.92 Å². The smallest absolute Gasteiger partial charge is 0.254 e. The first kappa shape index (κ1) is 14.7. The second-order valence-corrected chi connectivity index (χ2v) is 4.79. The number of aliphatic hydroxyl groups is 1. The van der Waals surface area contributed by atoms with E-state index in [0.717, 1.165) is 0 Å². The van der Waals surface area contributed by atoms with Gasteiger partial charge < -0.3 is 19.5 Å². The minimum atomic E-state index is -0.0290. The molecule has 0 radical (unpaired) electrons. The van der Waals surface area contributed by atoms with Gasteiger partial charge in [-0.2, -0.15) is 0 Å². The molecule has 0 unspecified atom stereocenters. The molecule has 2 rings (SSSR count). The van der Waals surface area contributed by atoms with Crippen LogP contribution in [0.2, 0.25) is 0 Å². The van der Waals surface area contributed by atoms with Crippen molar-refractivity contribution in [1.82, 2.24) is 4.90 Å². The summed E-state index contributed by atoms with van der Waals surface area (Å²) in [6.45, 7) is 6.25. The van der Waals surface area contributed by atoms with E-state index in [1.165, 1.54) is 0 Å².